The van der Waals surface area contributed by atoms with Crippen LogP contribution < -0.4 is 4.74 Å². The molecule has 0 N–H and O–H groups in total. The molecule has 1 saturated heterocycles. The summed E-state index contributed by atoms with van der Waals surface area (Å²) in [6.07, 6.45) is -0.280. The van der Waals surface area contributed by atoms with E-state index in [0.717, 1.165) is 5.56 Å². The Hall–Kier alpha value is -1.82. The number of nitrogens with zero attached hydrogens (tertiary/aromatic N) is 1. The summed E-state index contributed by atoms with van der Waals surface area (Å²) in [6.45, 7) is 1.16. The third-order valence-corrected chi connectivity index (χ3v) is 4.44. The summed E-state index contributed by atoms with van der Waals surface area (Å²) in [5.74, 6) is -0.0649. The van der Waals surface area contributed by atoms with Gasteiger partial charge in [-0.3, -0.25) is 4.79 Å². The molecule has 0 aliphatic carbocycles. The highest BCUT2D eigenvalue weighted by molar-refractivity contribution is 6.35. The van der Waals surface area contributed by atoms with Crippen molar-refractivity contribution in [2.45, 2.75) is 6.10 Å². The fraction of sp³-hybridized carbons (Fsp3) is 0.278. The van der Waals surface area contributed by atoms with Crippen LogP contribution in [0.25, 0.3) is 0 Å². The van der Waals surface area contributed by atoms with E-state index in [0.29, 0.717) is 35.5 Å². The van der Waals surface area contributed by atoms with E-state index < -0.39 is 0 Å². The van der Waals surface area contributed by atoms with Crippen LogP contribution in [0.2, 0.25) is 10.0 Å². The number of rotatable bonds is 4. The lowest BCUT2D eigenvalue weighted by atomic mass is 10.1. The molecule has 2 aromatic rings. The summed E-state index contributed by atoms with van der Waals surface area (Å²) in [5.41, 5.74) is 0.834. The lowest BCUT2D eigenvalue weighted by Crippen LogP contribution is -2.44. The molecule has 1 heterocycles. The summed E-state index contributed by atoms with van der Waals surface area (Å²) >= 11 is 11.9. The van der Waals surface area contributed by atoms with Gasteiger partial charge >= 0.3 is 0 Å². The highest BCUT2D eigenvalue weighted by atomic mass is 35.5. The molecule has 0 aromatic heterocycles. The maximum absolute atomic E-state index is 13.0. The third-order valence-electron chi connectivity index (χ3n) is 3.91. The van der Waals surface area contributed by atoms with Gasteiger partial charge in [-0.05, 0) is 35.9 Å². The van der Waals surface area contributed by atoms with Gasteiger partial charge in [0.15, 0.2) is 6.61 Å². The molecule has 0 bridgehead atoms. The first-order valence-electron chi connectivity index (χ1n) is 7.75. The maximum Gasteiger partial charge on any atom is 0.260 e. The van der Waals surface area contributed by atoms with Crippen molar-refractivity contribution < 1.29 is 18.7 Å². The van der Waals surface area contributed by atoms with Crippen molar-refractivity contribution in [3.05, 3.63) is 63.9 Å². The second-order valence-corrected chi connectivity index (χ2v) is 6.46. The van der Waals surface area contributed by atoms with Gasteiger partial charge in [0, 0.05) is 11.6 Å². The Labute approximate surface area is 155 Å². The highest BCUT2D eigenvalue weighted by Gasteiger charge is 2.25. The zero-order chi connectivity index (χ0) is 17.8. The van der Waals surface area contributed by atoms with Crippen LogP contribution in [0.5, 0.6) is 5.75 Å². The van der Waals surface area contributed by atoms with Gasteiger partial charge in [-0.15, -0.1) is 0 Å². The van der Waals surface area contributed by atoms with Crippen molar-refractivity contribution >= 4 is 29.1 Å². The van der Waals surface area contributed by atoms with Crippen LogP contribution in [0.1, 0.15) is 11.7 Å². The third kappa shape index (κ3) is 4.63. The van der Waals surface area contributed by atoms with Gasteiger partial charge in [0.05, 0.1) is 18.2 Å². The van der Waals surface area contributed by atoms with E-state index in [2.05, 4.69) is 0 Å². The predicted molar refractivity (Wildman–Crippen MR) is 93.6 cm³/mol. The summed E-state index contributed by atoms with van der Waals surface area (Å²) in [5, 5.41) is 0.852. The van der Waals surface area contributed by atoms with Crippen LogP contribution in [0.3, 0.4) is 0 Å². The SMILES string of the molecule is O=C(COc1ccc(Cl)cc1Cl)N1CCO[C@H](c2ccc(F)cc2)C1. The molecule has 0 saturated carbocycles. The molecule has 0 spiro atoms. The molecule has 1 fully saturated rings. The quantitative estimate of drug-likeness (QED) is 0.797. The monoisotopic (exact) mass is 383 g/mol. The van der Waals surface area contributed by atoms with Gasteiger partial charge in [-0.1, -0.05) is 35.3 Å². The number of carbonyl (C=O) groups excluding carboxylic acids is 1. The van der Waals surface area contributed by atoms with Gasteiger partial charge in [0.2, 0.25) is 0 Å². The molecule has 2 aromatic carbocycles. The Kier molecular flexibility index (Phi) is 5.78. The van der Waals surface area contributed by atoms with Crippen molar-refractivity contribution in [2.24, 2.45) is 0 Å². The van der Waals surface area contributed by atoms with E-state index in [1.165, 1.54) is 12.1 Å². The zero-order valence-electron chi connectivity index (χ0n) is 13.3. The first-order valence-corrected chi connectivity index (χ1v) is 8.51. The first-order chi connectivity index (χ1) is 12.0. The molecule has 4 nitrogen and oxygen atoms in total. The molecule has 132 valence electrons. The van der Waals surface area contributed by atoms with Crippen molar-refractivity contribution in [3.63, 3.8) is 0 Å². The minimum Gasteiger partial charge on any atom is -0.482 e. The standard InChI is InChI=1S/C18H16Cl2FNO3/c19-13-3-6-16(15(20)9-13)25-11-18(23)22-7-8-24-17(10-22)12-1-4-14(21)5-2-12/h1-6,9,17H,7-8,10-11H2/t17-/m0/s1. The number of hydrogen-bond donors (Lipinski definition) is 0. The van der Waals surface area contributed by atoms with Crippen LogP contribution in [0.4, 0.5) is 4.39 Å². The molecule has 0 radical (unpaired) electrons. The molecule has 25 heavy (non-hydrogen) atoms. The largest absolute Gasteiger partial charge is 0.482 e. The second kappa shape index (κ2) is 8.04. The molecule has 1 aliphatic rings. The van der Waals surface area contributed by atoms with Crippen LogP contribution in [-0.4, -0.2) is 37.1 Å². The van der Waals surface area contributed by atoms with E-state index >= 15 is 0 Å². The van der Waals surface area contributed by atoms with Crippen molar-refractivity contribution in [3.8, 4) is 5.75 Å². The average molecular weight is 384 g/mol. The summed E-state index contributed by atoms with van der Waals surface area (Å²) in [6, 6.07) is 10.9. The Morgan fingerprint density at radius 1 is 1.24 bits per heavy atom. The van der Waals surface area contributed by atoms with Crippen molar-refractivity contribution in [1.82, 2.24) is 4.90 Å². The van der Waals surface area contributed by atoms with Crippen LogP contribution in [-0.2, 0) is 9.53 Å². The summed E-state index contributed by atoms with van der Waals surface area (Å²) in [7, 11) is 0. The number of carbonyl (C=O) groups is 1. The van der Waals surface area contributed by atoms with E-state index in [1.54, 1.807) is 35.2 Å². The Morgan fingerprint density at radius 2 is 2.00 bits per heavy atom. The number of hydrogen-bond acceptors (Lipinski definition) is 3. The number of benzene rings is 2. The van der Waals surface area contributed by atoms with E-state index in [-0.39, 0.29) is 24.4 Å². The van der Waals surface area contributed by atoms with E-state index in [9.17, 15) is 9.18 Å². The fourth-order valence-electron chi connectivity index (χ4n) is 2.58. The molecular formula is C18H16Cl2FNO3. The first kappa shape index (κ1) is 18.0. The normalized spacial score (nSPS) is 17.4. The number of amides is 1. The summed E-state index contributed by atoms with van der Waals surface area (Å²) in [4.78, 5) is 14.1. The number of ether oxygens (including phenoxy) is 2. The molecule has 1 atom stereocenters. The molecule has 1 aliphatic heterocycles. The Morgan fingerprint density at radius 3 is 2.72 bits per heavy atom. The molecule has 7 heteroatoms. The zero-order valence-corrected chi connectivity index (χ0v) is 14.8. The molecule has 3 rings (SSSR count). The second-order valence-electron chi connectivity index (χ2n) is 5.61. The molecule has 1 amide bonds. The maximum atomic E-state index is 13.0. The smallest absolute Gasteiger partial charge is 0.260 e. The highest BCUT2D eigenvalue weighted by Crippen LogP contribution is 2.28. The van der Waals surface area contributed by atoms with Gasteiger partial charge in [0.25, 0.3) is 5.91 Å². The topological polar surface area (TPSA) is 38.8 Å². The average Bonchev–Trinajstić information content (AvgIpc) is 2.61. The van der Waals surface area contributed by atoms with Crippen LogP contribution >= 0.6 is 23.2 Å². The van der Waals surface area contributed by atoms with Gasteiger partial charge in [-0.25, -0.2) is 4.39 Å². The van der Waals surface area contributed by atoms with Gasteiger partial charge in [0.1, 0.15) is 17.7 Å². The van der Waals surface area contributed by atoms with Gasteiger partial charge in [-0.2, -0.15) is 0 Å². The van der Waals surface area contributed by atoms with Crippen molar-refractivity contribution in [1.29, 1.82) is 0 Å². The molecular weight excluding hydrogens is 368 g/mol. The lowest BCUT2D eigenvalue weighted by molar-refractivity contribution is -0.141. The summed E-state index contributed by atoms with van der Waals surface area (Å²) < 4.78 is 24.2. The van der Waals surface area contributed by atoms with Crippen LogP contribution in [0.15, 0.2) is 42.5 Å². The van der Waals surface area contributed by atoms with Crippen molar-refractivity contribution in [2.75, 3.05) is 26.3 Å². The van der Waals surface area contributed by atoms with Gasteiger partial charge < -0.3 is 14.4 Å². The number of halogens is 3. The number of morpholine rings is 1. The molecule has 0 unspecified atom stereocenters. The Balaban J connectivity index is 1.59. The fourth-order valence-corrected chi connectivity index (χ4v) is 3.04. The predicted octanol–water partition coefficient (Wildman–Crippen LogP) is 4.11. The Bertz CT molecular complexity index is 754. The van der Waals surface area contributed by atoms with Crippen LogP contribution in [0, 0.1) is 5.82 Å². The van der Waals surface area contributed by atoms with E-state index in [4.69, 9.17) is 32.7 Å². The van der Waals surface area contributed by atoms with E-state index in [1.807, 2.05) is 0 Å². The lowest BCUT2D eigenvalue weighted by Gasteiger charge is -2.33. The minimum absolute atomic E-state index is 0.127. The minimum atomic E-state index is -0.305.